The molecule has 0 spiro atoms. The van der Waals surface area contributed by atoms with Crippen LogP contribution in [-0.2, 0) is 6.61 Å². The van der Waals surface area contributed by atoms with Crippen molar-refractivity contribution in [3.63, 3.8) is 0 Å². The molecule has 5 aromatic carbocycles. The lowest BCUT2D eigenvalue weighted by Gasteiger charge is -2.43. The van der Waals surface area contributed by atoms with Crippen LogP contribution in [0.5, 0.6) is 11.5 Å². The first-order valence-electron chi connectivity index (χ1n) is 16.3. The molecule has 0 bridgehead atoms. The first kappa shape index (κ1) is 30.5. The maximum absolute atomic E-state index is 6.30. The molecular formula is C41H39IN2O2. The Kier molecular flexibility index (Phi) is 9.11. The van der Waals surface area contributed by atoms with Crippen molar-refractivity contribution in [2.24, 2.45) is 4.99 Å². The molecular weight excluding hydrogens is 679 g/mol. The molecule has 0 unspecified atom stereocenters. The second-order valence-corrected chi connectivity index (χ2v) is 13.4. The fraction of sp³-hybridized carbons (Fsp3) is 0.244. The van der Waals surface area contributed by atoms with E-state index in [0.717, 1.165) is 57.8 Å². The number of benzene rings is 5. The van der Waals surface area contributed by atoms with Gasteiger partial charge in [0, 0.05) is 36.8 Å². The van der Waals surface area contributed by atoms with E-state index >= 15 is 0 Å². The van der Waals surface area contributed by atoms with Gasteiger partial charge in [-0.15, -0.1) is 0 Å². The van der Waals surface area contributed by atoms with Gasteiger partial charge in [0.2, 0.25) is 0 Å². The Morgan fingerprint density at radius 3 is 1.98 bits per heavy atom. The highest BCUT2D eigenvalue weighted by Crippen LogP contribution is 2.50. The quantitative estimate of drug-likeness (QED) is 0.112. The van der Waals surface area contributed by atoms with Gasteiger partial charge in [0.1, 0.15) is 6.61 Å². The first-order chi connectivity index (χ1) is 22.6. The summed E-state index contributed by atoms with van der Waals surface area (Å²) >= 11 is 2.35. The van der Waals surface area contributed by atoms with Gasteiger partial charge >= 0.3 is 0 Å². The molecule has 2 aliphatic heterocycles. The predicted octanol–water partition coefficient (Wildman–Crippen LogP) is 10.2. The van der Waals surface area contributed by atoms with E-state index in [1.54, 1.807) is 0 Å². The number of hydrogen-bond acceptors (Lipinski definition) is 4. The molecule has 0 aromatic heterocycles. The maximum atomic E-state index is 6.30. The van der Waals surface area contributed by atoms with Gasteiger partial charge in [-0.2, -0.15) is 0 Å². The SMILES string of the molecule is CCOc1cc(C=Nc2cc3c4c(c2)[C@@H](c2ccccc2)CCN4CC[C@@H]3c2ccccc2)cc(I)c1OCc1ccc(C)cc1. The van der Waals surface area contributed by atoms with Gasteiger partial charge in [-0.1, -0.05) is 90.5 Å². The minimum atomic E-state index is 0.353. The first-order valence-corrected chi connectivity index (χ1v) is 17.4. The van der Waals surface area contributed by atoms with Crippen LogP contribution in [0.1, 0.15) is 70.5 Å². The fourth-order valence-corrected chi connectivity index (χ4v) is 7.75. The second-order valence-electron chi connectivity index (χ2n) is 12.3. The van der Waals surface area contributed by atoms with Crippen LogP contribution in [0.25, 0.3) is 0 Å². The molecule has 2 heterocycles. The van der Waals surface area contributed by atoms with E-state index in [-0.39, 0.29) is 0 Å². The normalized spacial score (nSPS) is 17.2. The number of halogens is 1. The monoisotopic (exact) mass is 718 g/mol. The second kappa shape index (κ2) is 13.7. The van der Waals surface area contributed by atoms with E-state index in [1.807, 2.05) is 19.2 Å². The molecule has 7 rings (SSSR count). The molecule has 232 valence electrons. The van der Waals surface area contributed by atoms with Crippen molar-refractivity contribution in [1.29, 1.82) is 0 Å². The summed E-state index contributed by atoms with van der Waals surface area (Å²) in [5, 5.41) is 0. The van der Waals surface area contributed by atoms with Gasteiger partial charge in [-0.25, -0.2) is 0 Å². The van der Waals surface area contributed by atoms with E-state index < -0.39 is 0 Å². The van der Waals surface area contributed by atoms with E-state index in [0.29, 0.717) is 25.0 Å². The summed E-state index contributed by atoms with van der Waals surface area (Å²) < 4.78 is 13.4. The topological polar surface area (TPSA) is 34.1 Å². The number of ether oxygens (including phenoxy) is 2. The number of aryl methyl sites for hydroxylation is 1. The zero-order valence-corrected chi connectivity index (χ0v) is 28.6. The largest absolute Gasteiger partial charge is 0.490 e. The summed E-state index contributed by atoms with van der Waals surface area (Å²) in [5.74, 6) is 2.22. The summed E-state index contributed by atoms with van der Waals surface area (Å²) in [7, 11) is 0. The Balaban J connectivity index is 1.25. The Morgan fingerprint density at radius 2 is 1.39 bits per heavy atom. The molecule has 0 amide bonds. The average Bonchev–Trinajstić information content (AvgIpc) is 3.09. The highest BCUT2D eigenvalue weighted by atomic mass is 127. The summed E-state index contributed by atoms with van der Waals surface area (Å²) in [5.41, 5.74) is 11.3. The molecule has 0 radical (unpaired) electrons. The van der Waals surface area contributed by atoms with Gasteiger partial charge in [0.15, 0.2) is 11.5 Å². The van der Waals surface area contributed by atoms with Gasteiger partial charge in [-0.3, -0.25) is 4.99 Å². The third-order valence-electron chi connectivity index (χ3n) is 9.20. The van der Waals surface area contributed by atoms with Crippen LogP contribution in [-0.4, -0.2) is 25.9 Å². The standard InChI is InChI=1S/C41H39IN2O2/c1-3-45-39-23-30(22-38(42)41(39)46-27-29-16-14-28(2)15-17-29)26-43-33-24-36-34(31-10-6-4-7-11-31)18-20-44-21-19-35(37(25-33)40(36)44)32-12-8-5-9-13-32/h4-17,22-26,34-35H,3,18-21,27H2,1-2H3/t34-,35-/m1/s1. The Morgan fingerprint density at radius 1 is 0.783 bits per heavy atom. The lowest BCUT2D eigenvalue weighted by atomic mass is 9.76. The predicted molar refractivity (Wildman–Crippen MR) is 198 cm³/mol. The van der Waals surface area contributed by atoms with Crippen LogP contribution in [0, 0.1) is 10.5 Å². The molecule has 2 atom stereocenters. The molecule has 0 fully saturated rings. The molecule has 0 saturated heterocycles. The van der Waals surface area contributed by atoms with Crippen molar-refractivity contribution in [1.82, 2.24) is 0 Å². The molecule has 5 aromatic rings. The van der Waals surface area contributed by atoms with Crippen molar-refractivity contribution in [2.75, 3.05) is 24.6 Å². The van der Waals surface area contributed by atoms with Crippen molar-refractivity contribution >= 4 is 40.2 Å². The minimum Gasteiger partial charge on any atom is -0.490 e. The molecule has 4 nitrogen and oxygen atoms in total. The van der Waals surface area contributed by atoms with E-state index in [1.165, 1.54) is 33.5 Å². The highest BCUT2D eigenvalue weighted by molar-refractivity contribution is 14.1. The van der Waals surface area contributed by atoms with Crippen LogP contribution in [0.4, 0.5) is 11.4 Å². The van der Waals surface area contributed by atoms with Gasteiger partial charge in [0.25, 0.3) is 0 Å². The average molecular weight is 719 g/mol. The summed E-state index contributed by atoms with van der Waals surface area (Å²) in [6, 6.07) is 39.3. The summed E-state index contributed by atoms with van der Waals surface area (Å²) in [6.45, 7) is 7.32. The van der Waals surface area contributed by atoms with Gasteiger partial charge in [0.05, 0.1) is 15.9 Å². The van der Waals surface area contributed by atoms with Crippen LogP contribution in [0.15, 0.2) is 114 Å². The molecule has 0 aliphatic carbocycles. The van der Waals surface area contributed by atoms with E-state index in [2.05, 4.69) is 138 Å². The van der Waals surface area contributed by atoms with Crippen LogP contribution in [0.2, 0.25) is 0 Å². The molecule has 2 aliphatic rings. The van der Waals surface area contributed by atoms with Gasteiger partial charge in [-0.05, 0) is 107 Å². The summed E-state index contributed by atoms with van der Waals surface area (Å²) in [6.07, 6.45) is 4.19. The van der Waals surface area contributed by atoms with E-state index in [9.17, 15) is 0 Å². The Hall–Kier alpha value is -4.10. The van der Waals surface area contributed by atoms with Crippen molar-refractivity contribution < 1.29 is 9.47 Å². The van der Waals surface area contributed by atoms with Gasteiger partial charge < -0.3 is 14.4 Å². The molecule has 0 saturated carbocycles. The van der Waals surface area contributed by atoms with Crippen LogP contribution < -0.4 is 14.4 Å². The lowest BCUT2D eigenvalue weighted by Crippen LogP contribution is -2.37. The number of aliphatic imine (C=N–C) groups is 1. The third-order valence-corrected chi connectivity index (χ3v) is 10.00. The fourth-order valence-electron chi connectivity index (χ4n) is 6.97. The summed E-state index contributed by atoms with van der Waals surface area (Å²) in [4.78, 5) is 7.74. The van der Waals surface area contributed by atoms with Crippen molar-refractivity contribution in [3.8, 4) is 11.5 Å². The molecule has 0 N–H and O–H groups in total. The Labute approximate surface area is 286 Å². The zero-order chi connectivity index (χ0) is 31.5. The highest BCUT2D eigenvalue weighted by Gasteiger charge is 2.35. The van der Waals surface area contributed by atoms with Crippen LogP contribution >= 0.6 is 22.6 Å². The smallest absolute Gasteiger partial charge is 0.175 e. The zero-order valence-electron chi connectivity index (χ0n) is 26.5. The molecule has 46 heavy (non-hydrogen) atoms. The number of rotatable bonds is 9. The van der Waals surface area contributed by atoms with Crippen molar-refractivity contribution in [2.45, 2.75) is 45.1 Å². The molecule has 5 heteroatoms. The Bertz CT molecular complexity index is 1760. The lowest BCUT2D eigenvalue weighted by molar-refractivity contribution is 0.267. The number of hydrogen-bond donors (Lipinski definition) is 0. The van der Waals surface area contributed by atoms with E-state index in [4.69, 9.17) is 14.5 Å². The number of nitrogens with zero attached hydrogens (tertiary/aromatic N) is 2. The number of anilines is 1. The minimum absolute atomic E-state index is 0.353. The van der Waals surface area contributed by atoms with Crippen molar-refractivity contribution in [3.05, 3.63) is 152 Å². The van der Waals surface area contributed by atoms with Crippen LogP contribution in [0.3, 0.4) is 0 Å². The third kappa shape index (κ3) is 6.43. The maximum Gasteiger partial charge on any atom is 0.175 e.